The first-order valence-electron chi connectivity index (χ1n) is 2.13. The van der Waals surface area contributed by atoms with Gasteiger partial charge in [0.05, 0.1) is 0 Å². The molecule has 0 fully saturated rings. The van der Waals surface area contributed by atoms with E-state index in [1.807, 2.05) is 0 Å². The van der Waals surface area contributed by atoms with E-state index in [4.69, 9.17) is 0 Å². The summed E-state index contributed by atoms with van der Waals surface area (Å²) in [7, 11) is 0. The van der Waals surface area contributed by atoms with Crippen molar-refractivity contribution in [2.75, 3.05) is 0 Å². The summed E-state index contributed by atoms with van der Waals surface area (Å²) in [5.74, 6) is 0. The maximum Gasteiger partial charge on any atom is 0 e. The molecule has 0 N–H and O–H groups in total. The Morgan fingerprint density at radius 1 is 1.44 bits per heavy atom. The van der Waals surface area contributed by atoms with Crippen molar-refractivity contribution in [1.82, 2.24) is 0 Å². The molecule has 0 aromatic heterocycles. The SMILES string of the molecule is CC1=[C-]CC=C1.I.I.[Hf]. The van der Waals surface area contributed by atoms with Gasteiger partial charge in [-0.2, -0.15) is 6.08 Å². The van der Waals surface area contributed by atoms with Crippen LogP contribution >= 0.6 is 48.0 Å². The number of hydrogen-bond acceptors (Lipinski definition) is 0. The molecule has 0 bridgehead atoms. The van der Waals surface area contributed by atoms with Crippen molar-refractivity contribution < 1.29 is 25.8 Å². The first-order chi connectivity index (χ1) is 2.89. The Hall–Kier alpha value is 1.81. The van der Waals surface area contributed by atoms with Crippen LogP contribution in [0.3, 0.4) is 0 Å². The Kier molecular flexibility index (Phi) is 18.6. The molecule has 0 nitrogen and oxygen atoms in total. The zero-order chi connectivity index (χ0) is 4.41. The molecular formula is C6H9HfI2-. The second-order valence-electron chi connectivity index (χ2n) is 1.47. The van der Waals surface area contributed by atoms with Gasteiger partial charge in [0, 0.05) is 25.8 Å². The molecule has 0 aliphatic heterocycles. The van der Waals surface area contributed by atoms with E-state index in [0.29, 0.717) is 0 Å². The predicted octanol–water partition coefficient (Wildman–Crippen LogP) is 2.93. The third-order valence-corrected chi connectivity index (χ3v) is 0.867. The van der Waals surface area contributed by atoms with E-state index in [-0.39, 0.29) is 73.8 Å². The van der Waals surface area contributed by atoms with Crippen LogP contribution in [0.5, 0.6) is 0 Å². The van der Waals surface area contributed by atoms with Gasteiger partial charge in [-0.05, 0) is 0 Å². The van der Waals surface area contributed by atoms with Crippen LogP contribution in [0.15, 0.2) is 17.7 Å². The zero-order valence-electron chi connectivity index (χ0n) is 5.18. The molecule has 0 aromatic rings. The molecule has 1 rings (SSSR count). The van der Waals surface area contributed by atoms with Crippen molar-refractivity contribution in [2.45, 2.75) is 13.3 Å². The number of halogens is 2. The minimum Gasteiger partial charge on any atom is -0.270 e. The fourth-order valence-corrected chi connectivity index (χ4v) is 0.515. The van der Waals surface area contributed by atoms with E-state index in [1.165, 1.54) is 5.57 Å². The molecule has 0 saturated carbocycles. The van der Waals surface area contributed by atoms with Gasteiger partial charge < -0.3 is 0 Å². The van der Waals surface area contributed by atoms with Crippen molar-refractivity contribution in [1.29, 1.82) is 0 Å². The molecule has 9 heavy (non-hydrogen) atoms. The minimum absolute atomic E-state index is 0. The van der Waals surface area contributed by atoms with E-state index in [1.54, 1.807) is 0 Å². The summed E-state index contributed by atoms with van der Waals surface area (Å²) in [5.41, 5.74) is 1.27. The molecule has 0 amide bonds. The van der Waals surface area contributed by atoms with Crippen LogP contribution < -0.4 is 0 Å². The van der Waals surface area contributed by atoms with Crippen LogP contribution in [-0.2, 0) is 25.8 Å². The van der Waals surface area contributed by atoms with Crippen LogP contribution in [-0.4, -0.2) is 0 Å². The first kappa shape index (κ1) is 17.1. The standard InChI is InChI=1S/C6H7.Hf.2HI/c1-6-4-2-3-5-6;;;/h2,4H,3H2,1H3;;2*1H/q-1;;;. The third kappa shape index (κ3) is 7.71. The van der Waals surface area contributed by atoms with Gasteiger partial charge in [-0.15, -0.1) is 54.4 Å². The maximum absolute atomic E-state index is 3.12. The van der Waals surface area contributed by atoms with Crippen LogP contribution in [0, 0.1) is 6.08 Å². The molecule has 0 radical (unpaired) electrons. The van der Waals surface area contributed by atoms with Gasteiger partial charge in [0.15, 0.2) is 0 Å². The summed E-state index contributed by atoms with van der Waals surface area (Å²) in [4.78, 5) is 0. The van der Waals surface area contributed by atoms with Gasteiger partial charge in [0.1, 0.15) is 0 Å². The van der Waals surface area contributed by atoms with Gasteiger partial charge in [-0.25, -0.2) is 11.6 Å². The summed E-state index contributed by atoms with van der Waals surface area (Å²) < 4.78 is 0. The Balaban J connectivity index is -0.000000120. The van der Waals surface area contributed by atoms with E-state index in [0.717, 1.165) is 6.42 Å². The normalized spacial score (nSPS) is 12.3. The molecule has 0 heterocycles. The van der Waals surface area contributed by atoms with E-state index in [2.05, 4.69) is 25.2 Å². The average Bonchev–Trinajstić information content (AvgIpc) is 1.86. The molecule has 3 heteroatoms. The Labute approximate surface area is 109 Å². The molecule has 1 aliphatic rings. The van der Waals surface area contributed by atoms with Crippen molar-refractivity contribution >= 4 is 48.0 Å². The smallest absolute Gasteiger partial charge is 0 e. The van der Waals surface area contributed by atoms with Gasteiger partial charge in [-0.1, -0.05) is 6.92 Å². The Morgan fingerprint density at radius 3 is 2.11 bits per heavy atom. The van der Waals surface area contributed by atoms with Crippen molar-refractivity contribution in [3.05, 3.63) is 23.8 Å². The molecule has 1 aliphatic carbocycles. The van der Waals surface area contributed by atoms with Crippen LogP contribution in [0.1, 0.15) is 13.3 Å². The van der Waals surface area contributed by atoms with Gasteiger partial charge in [0.2, 0.25) is 0 Å². The summed E-state index contributed by atoms with van der Waals surface area (Å²) >= 11 is 0. The van der Waals surface area contributed by atoms with Gasteiger partial charge in [-0.3, -0.25) is 6.08 Å². The third-order valence-electron chi connectivity index (χ3n) is 0.867. The summed E-state index contributed by atoms with van der Waals surface area (Å²) in [5, 5.41) is 0. The number of allylic oxidation sites excluding steroid dienone is 4. The molecule has 52 valence electrons. The van der Waals surface area contributed by atoms with E-state index >= 15 is 0 Å². The monoisotopic (exact) mass is 515 g/mol. The largest absolute Gasteiger partial charge is 0.270 e. The predicted molar refractivity (Wildman–Crippen MR) is 57.0 cm³/mol. The molecule has 0 spiro atoms. The Bertz CT molecular complexity index is 105. The van der Waals surface area contributed by atoms with Crippen LogP contribution in [0.4, 0.5) is 0 Å². The average molecular weight is 513 g/mol. The van der Waals surface area contributed by atoms with Gasteiger partial charge in [0.25, 0.3) is 0 Å². The van der Waals surface area contributed by atoms with Crippen molar-refractivity contribution in [3.63, 3.8) is 0 Å². The number of hydrogen-bond donors (Lipinski definition) is 0. The van der Waals surface area contributed by atoms with Crippen LogP contribution in [0.25, 0.3) is 0 Å². The van der Waals surface area contributed by atoms with Gasteiger partial charge >= 0.3 is 0 Å². The summed E-state index contributed by atoms with van der Waals surface area (Å²) in [6, 6.07) is 0. The topological polar surface area (TPSA) is 0 Å². The van der Waals surface area contributed by atoms with Crippen molar-refractivity contribution in [3.8, 4) is 0 Å². The van der Waals surface area contributed by atoms with E-state index in [9.17, 15) is 0 Å². The molecule has 0 unspecified atom stereocenters. The maximum atomic E-state index is 3.12. The second-order valence-corrected chi connectivity index (χ2v) is 1.47. The Morgan fingerprint density at radius 2 is 2.00 bits per heavy atom. The fourth-order valence-electron chi connectivity index (χ4n) is 0.515. The minimum atomic E-state index is 0. The first-order valence-corrected chi connectivity index (χ1v) is 2.13. The second kappa shape index (κ2) is 9.81. The number of rotatable bonds is 0. The quantitative estimate of drug-likeness (QED) is 0.266. The molecular weight excluding hydrogens is 504 g/mol. The zero-order valence-corrected chi connectivity index (χ0v) is 13.4. The molecule has 0 atom stereocenters. The van der Waals surface area contributed by atoms with Crippen LogP contribution in [0.2, 0.25) is 0 Å². The molecule has 0 saturated heterocycles. The summed E-state index contributed by atoms with van der Waals surface area (Å²) in [6.45, 7) is 2.06. The van der Waals surface area contributed by atoms with E-state index < -0.39 is 0 Å². The molecule has 0 aromatic carbocycles. The van der Waals surface area contributed by atoms with Crippen molar-refractivity contribution in [2.24, 2.45) is 0 Å². The fraction of sp³-hybridized carbons (Fsp3) is 0.333. The summed E-state index contributed by atoms with van der Waals surface area (Å²) in [6.07, 6.45) is 8.33.